The number of Topliss-reactive ketones (excluding diaryl/α,β-unsaturated/α-hetero) is 2. The molecule has 2 aromatic heterocycles. The van der Waals surface area contributed by atoms with Crippen LogP contribution in [0.25, 0.3) is 20.2 Å². The number of carboxylic acids is 1. The summed E-state index contributed by atoms with van der Waals surface area (Å²) in [5, 5.41) is 16.3. The smallest absolute Gasteiger partial charge is 0.303 e. The van der Waals surface area contributed by atoms with Gasteiger partial charge < -0.3 is 27.2 Å². The summed E-state index contributed by atoms with van der Waals surface area (Å²) in [5.41, 5.74) is 10.8. The molecule has 7 N–H and O–H groups in total. The van der Waals surface area contributed by atoms with E-state index in [4.69, 9.17) is 16.6 Å². The van der Waals surface area contributed by atoms with Gasteiger partial charge in [-0.25, -0.2) is 0 Å². The first-order valence-electron chi connectivity index (χ1n) is 14.0. The minimum absolute atomic E-state index is 0.0918. The Morgan fingerprint density at radius 2 is 1.48 bits per heavy atom. The van der Waals surface area contributed by atoms with E-state index in [0.717, 1.165) is 20.2 Å². The molecule has 13 heteroatoms. The lowest BCUT2D eigenvalue weighted by Crippen LogP contribution is -2.50. The molecule has 0 saturated heterocycles. The van der Waals surface area contributed by atoms with E-state index in [1.54, 1.807) is 12.1 Å². The van der Waals surface area contributed by atoms with E-state index in [9.17, 15) is 24.0 Å². The molecule has 2 unspecified atom stereocenters. The highest BCUT2D eigenvalue weighted by molar-refractivity contribution is 7.21. The van der Waals surface area contributed by atoms with Crippen LogP contribution < -0.4 is 22.1 Å². The summed E-state index contributed by atoms with van der Waals surface area (Å²) >= 11 is 2.63. The number of nitrogens with two attached hydrogens (primary N) is 2. The molecule has 0 fully saturated rings. The van der Waals surface area contributed by atoms with Crippen molar-refractivity contribution in [1.29, 1.82) is 0 Å². The van der Waals surface area contributed by atoms with Crippen LogP contribution in [0.5, 0.6) is 0 Å². The second-order valence-electron chi connectivity index (χ2n) is 10.2. The molecule has 0 saturated carbocycles. The summed E-state index contributed by atoms with van der Waals surface area (Å²) in [5.74, 6) is -3.84. The lowest BCUT2D eigenvalue weighted by atomic mass is 9.94. The highest BCUT2D eigenvalue weighted by atomic mass is 32.1. The van der Waals surface area contributed by atoms with Gasteiger partial charge in [-0.1, -0.05) is 36.4 Å². The predicted molar refractivity (Wildman–Crippen MR) is 172 cm³/mol. The highest BCUT2D eigenvalue weighted by Gasteiger charge is 2.28. The zero-order valence-electron chi connectivity index (χ0n) is 23.8. The van der Waals surface area contributed by atoms with Gasteiger partial charge in [-0.05, 0) is 47.9 Å². The van der Waals surface area contributed by atoms with Crippen LogP contribution in [0, 0.1) is 5.92 Å². The maximum Gasteiger partial charge on any atom is 0.303 e. The Hall–Kier alpha value is -4.62. The van der Waals surface area contributed by atoms with Crippen molar-refractivity contribution in [3.8, 4) is 0 Å². The van der Waals surface area contributed by atoms with Crippen LogP contribution in [0.4, 0.5) is 0 Å². The van der Waals surface area contributed by atoms with Crippen molar-refractivity contribution in [3.63, 3.8) is 0 Å². The Labute approximate surface area is 261 Å². The van der Waals surface area contributed by atoms with E-state index in [1.807, 2.05) is 48.5 Å². The first-order valence-corrected chi connectivity index (χ1v) is 15.6. The minimum atomic E-state index is -1.19. The Morgan fingerprint density at radius 3 is 2.09 bits per heavy atom. The molecule has 4 rings (SSSR count). The summed E-state index contributed by atoms with van der Waals surface area (Å²) in [6.07, 6.45) is -0.235. The van der Waals surface area contributed by atoms with E-state index in [0.29, 0.717) is 16.2 Å². The topological polar surface area (TPSA) is 194 Å². The first-order chi connectivity index (χ1) is 21.1. The predicted octanol–water partition coefficient (Wildman–Crippen LogP) is 3.71. The maximum absolute atomic E-state index is 13.6. The van der Waals surface area contributed by atoms with Crippen molar-refractivity contribution in [2.45, 2.75) is 38.1 Å². The van der Waals surface area contributed by atoms with Crippen molar-refractivity contribution in [2.75, 3.05) is 13.1 Å². The van der Waals surface area contributed by atoms with Gasteiger partial charge in [0, 0.05) is 41.2 Å². The van der Waals surface area contributed by atoms with E-state index in [2.05, 4.69) is 15.6 Å². The van der Waals surface area contributed by atoms with Crippen LogP contribution in [0.15, 0.2) is 65.7 Å². The number of carbonyl (C=O) groups is 5. The third-order valence-corrected chi connectivity index (χ3v) is 9.19. The summed E-state index contributed by atoms with van der Waals surface area (Å²) in [4.78, 5) is 68.9. The number of aliphatic carboxylic acids is 1. The van der Waals surface area contributed by atoms with Gasteiger partial charge in [0.05, 0.1) is 16.2 Å². The van der Waals surface area contributed by atoms with Crippen LogP contribution in [0.3, 0.4) is 0 Å². The number of nitrogens with zero attached hydrogens (tertiary/aromatic N) is 1. The summed E-state index contributed by atoms with van der Waals surface area (Å²) in [6.45, 7) is -0.00234. The maximum atomic E-state index is 13.6. The number of benzene rings is 2. The Bertz CT molecular complexity index is 1640. The lowest BCUT2D eigenvalue weighted by molar-refractivity contribution is -0.139. The number of guanidine groups is 1. The monoisotopic (exact) mass is 635 g/mol. The van der Waals surface area contributed by atoms with E-state index in [1.165, 1.54) is 22.7 Å². The average Bonchev–Trinajstić information content (AvgIpc) is 3.64. The number of carbonyl (C=O) groups excluding carboxylic acids is 4. The van der Waals surface area contributed by atoms with E-state index < -0.39 is 41.9 Å². The third kappa shape index (κ3) is 8.94. The lowest BCUT2D eigenvalue weighted by Gasteiger charge is -2.22. The fraction of sp³-hybridized carbons (Fsp3) is 0.290. The van der Waals surface area contributed by atoms with Gasteiger partial charge in [0.15, 0.2) is 17.5 Å². The molecule has 0 aliphatic heterocycles. The molecule has 44 heavy (non-hydrogen) atoms. The van der Waals surface area contributed by atoms with Crippen molar-refractivity contribution in [1.82, 2.24) is 10.6 Å². The first kappa shape index (κ1) is 32.3. The van der Waals surface area contributed by atoms with Crippen LogP contribution in [-0.2, 0) is 14.4 Å². The van der Waals surface area contributed by atoms with Gasteiger partial charge in [0.25, 0.3) is 5.91 Å². The Kier molecular flexibility index (Phi) is 11.2. The summed E-state index contributed by atoms with van der Waals surface area (Å²) < 4.78 is 1.87. The molecule has 2 amide bonds. The van der Waals surface area contributed by atoms with Gasteiger partial charge in [-0.2, -0.15) is 0 Å². The number of aliphatic imine (C=N–C) groups is 1. The number of amides is 2. The number of carboxylic acid groups (broad SMARTS) is 1. The Morgan fingerprint density at radius 1 is 0.864 bits per heavy atom. The van der Waals surface area contributed by atoms with Crippen LogP contribution >= 0.6 is 22.7 Å². The molecule has 0 radical (unpaired) electrons. The normalized spacial score (nSPS) is 12.4. The molecule has 0 bridgehead atoms. The minimum Gasteiger partial charge on any atom is -0.481 e. The Balaban J connectivity index is 1.49. The van der Waals surface area contributed by atoms with E-state index in [-0.39, 0.29) is 44.1 Å². The molecule has 2 heterocycles. The summed E-state index contributed by atoms with van der Waals surface area (Å²) in [6, 6.07) is 17.4. The van der Waals surface area contributed by atoms with Crippen molar-refractivity contribution >= 4 is 78.2 Å². The molecule has 230 valence electrons. The molecule has 0 aliphatic carbocycles. The standard InChI is InChI=1S/C31H33N5O6S2/c32-31(33)34-13-5-8-20(14-23(38)26-15-18-6-1-3-9-24(18)43-26)29(41)36-21(22(37)11-12-28(39)40)17-35-30(42)27-16-19-7-2-4-10-25(19)44-27/h1-4,6-7,9-10,15-16,20-21H,5,8,11-14,17H2,(H,35,42)(H,36,41)(H,39,40)(H4,32,33,34). The fourth-order valence-electron chi connectivity index (χ4n) is 4.63. The van der Waals surface area contributed by atoms with Crippen molar-refractivity contribution in [2.24, 2.45) is 22.4 Å². The molecular weight excluding hydrogens is 603 g/mol. The molecule has 4 aromatic rings. The van der Waals surface area contributed by atoms with Crippen LogP contribution in [0.1, 0.15) is 51.4 Å². The molecule has 0 aliphatic rings. The molecular formula is C31H33N5O6S2. The number of nitrogens with one attached hydrogen (secondary N) is 2. The number of thiophene rings is 2. The second kappa shape index (κ2) is 15.2. The number of hydrogen-bond donors (Lipinski definition) is 5. The number of rotatable bonds is 16. The third-order valence-electron chi connectivity index (χ3n) is 6.91. The zero-order valence-corrected chi connectivity index (χ0v) is 25.4. The van der Waals surface area contributed by atoms with Gasteiger partial charge in [0.1, 0.15) is 6.04 Å². The fourth-order valence-corrected chi connectivity index (χ4v) is 6.62. The molecule has 11 nitrogen and oxygen atoms in total. The van der Waals surface area contributed by atoms with Gasteiger partial charge >= 0.3 is 5.97 Å². The number of hydrogen-bond acceptors (Lipinski definition) is 8. The average molecular weight is 636 g/mol. The molecule has 2 aromatic carbocycles. The quantitative estimate of drug-likeness (QED) is 0.0532. The molecule has 2 atom stereocenters. The van der Waals surface area contributed by atoms with Gasteiger partial charge in [-0.3, -0.25) is 29.0 Å². The number of ketones is 2. The van der Waals surface area contributed by atoms with Gasteiger partial charge in [-0.15, -0.1) is 22.7 Å². The van der Waals surface area contributed by atoms with Gasteiger partial charge in [0.2, 0.25) is 5.91 Å². The summed E-state index contributed by atoms with van der Waals surface area (Å²) in [7, 11) is 0. The second-order valence-corrected chi connectivity index (χ2v) is 12.4. The van der Waals surface area contributed by atoms with Crippen LogP contribution in [-0.4, -0.2) is 59.5 Å². The number of fused-ring (bicyclic) bond motifs is 2. The van der Waals surface area contributed by atoms with Crippen LogP contribution in [0.2, 0.25) is 0 Å². The largest absolute Gasteiger partial charge is 0.481 e. The SMILES string of the molecule is NC(N)=NCCCC(CC(=O)c1cc2ccccc2s1)C(=O)NC(CNC(=O)c1cc2ccccc2s1)C(=O)CCC(=O)O. The van der Waals surface area contributed by atoms with Crippen molar-refractivity contribution < 1.29 is 29.1 Å². The van der Waals surface area contributed by atoms with Crippen molar-refractivity contribution in [3.05, 3.63) is 70.4 Å². The highest BCUT2D eigenvalue weighted by Crippen LogP contribution is 2.28. The molecule has 0 spiro atoms. The zero-order chi connectivity index (χ0) is 31.6. The van der Waals surface area contributed by atoms with E-state index >= 15 is 0 Å².